The number of halogens is 3. The van der Waals surface area contributed by atoms with Crippen molar-refractivity contribution in [1.29, 1.82) is 0 Å². The number of aromatic nitrogens is 2. The molecule has 0 saturated heterocycles. The van der Waals surface area contributed by atoms with Crippen molar-refractivity contribution in [3.05, 3.63) is 59.8 Å². The third-order valence-corrected chi connectivity index (χ3v) is 5.79. The van der Waals surface area contributed by atoms with Gasteiger partial charge in [-0.25, -0.2) is 0 Å². The molecule has 11 nitrogen and oxygen atoms in total. The van der Waals surface area contributed by atoms with Crippen molar-refractivity contribution in [2.45, 2.75) is 12.9 Å². The average Bonchev–Trinajstić information content (AvgIpc) is 3.25. The van der Waals surface area contributed by atoms with Crippen LogP contribution < -0.4 is 19.1 Å². The van der Waals surface area contributed by atoms with Gasteiger partial charge in [0.25, 0.3) is 5.91 Å². The summed E-state index contributed by atoms with van der Waals surface area (Å²) in [4.78, 5) is 21.4. The third-order valence-electron chi connectivity index (χ3n) is 5.79. The summed E-state index contributed by atoms with van der Waals surface area (Å²) < 4.78 is 66.1. The average molecular weight is 567 g/mol. The molecule has 0 unspecified atom stereocenters. The molecule has 3 aromatic rings. The fourth-order valence-corrected chi connectivity index (χ4v) is 3.94. The fourth-order valence-electron chi connectivity index (χ4n) is 3.94. The number of amides is 1. The van der Waals surface area contributed by atoms with Crippen LogP contribution in [-0.4, -0.2) is 85.8 Å². The summed E-state index contributed by atoms with van der Waals surface area (Å²) in [6, 6.07) is 12.2. The highest BCUT2D eigenvalue weighted by atomic mass is 19.4. The number of anilines is 1. The number of carbonyl (C=O) groups excluding carboxylic acids is 1. The number of nitrogens with zero attached hydrogens (tertiary/aromatic N) is 4. The zero-order valence-electron chi connectivity index (χ0n) is 21.9. The Morgan fingerprint density at radius 2 is 1.80 bits per heavy atom. The van der Waals surface area contributed by atoms with Crippen LogP contribution in [0.1, 0.15) is 16.1 Å². The number of rotatable bonds is 11. The second kappa shape index (κ2) is 12.9. The number of fused-ring (bicyclic) bond motifs is 1. The van der Waals surface area contributed by atoms with Crippen LogP contribution in [0.5, 0.6) is 23.3 Å². The minimum atomic E-state index is -4.87. The number of aliphatic hydroxyl groups excluding tert-OH is 1. The molecule has 14 heteroatoms. The highest BCUT2D eigenvalue weighted by Gasteiger charge is 2.33. The van der Waals surface area contributed by atoms with E-state index in [0.29, 0.717) is 5.75 Å². The SMILES string of the molecule is COc1ccc(Cn2c(Oc3cccc(OC(F)(F)F)c3)nc3c2C(=O)N(CCOCCO)COCN3C)cc1. The van der Waals surface area contributed by atoms with Gasteiger partial charge in [0.05, 0.1) is 33.5 Å². The van der Waals surface area contributed by atoms with E-state index in [0.717, 1.165) is 17.7 Å². The predicted octanol–water partition coefficient (Wildman–Crippen LogP) is 3.46. The van der Waals surface area contributed by atoms with Gasteiger partial charge in [-0.15, -0.1) is 13.2 Å². The van der Waals surface area contributed by atoms with Crippen molar-refractivity contribution in [3.63, 3.8) is 0 Å². The number of hydrogen-bond acceptors (Lipinski definition) is 9. The van der Waals surface area contributed by atoms with Crippen molar-refractivity contribution < 1.29 is 46.8 Å². The topological polar surface area (TPSA) is 108 Å². The predicted molar refractivity (Wildman–Crippen MR) is 136 cm³/mol. The molecule has 0 aliphatic carbocycles. The van der Waals surface area contributed by atoms with Gasteiger partial charge in [0, 0.05) is 19.7 Å². The number of methoxy groups -OCH3 is 1. The lowest BCUT2D eigenvalue weighted by Crippen LogP contribution is -2.41. The quantitative estimate of drug-likeness (QED) is 0.349. The largest absolute Gasteiger partial charge is 0.573 e. The molecule has 2 aromatic carbocycles. The van der Waals surface area contributed by atoms with Gasteiger partial charge in [-0.3, -0.25) is 9.36 Å². The molecule has 1 aliphatic rings. The van der Waals surface area contributed by atoms with E-state index in [9.17, 15) is 18.0 Å². The van der Waals surface area contributed by atoms with Gasteiger partial charge in [0.2, 0.25) is 0 Å². The summed E-state index contributed by atoms with van der Waals surface area (Å²) >= 11 is 0. The summed E-state index contributed by atoms with van der Waals surface area (Å²) in [6.07, 6.45) is -4.87. The van der Waals surface area contributed by atoms with Crippen LogP contribution in [-0.2, 0) is 16.0 Å². The van der Waals surface area contributed by atoms with Crippen molar-refractivity contribution in [2.75, 3.05) is 58.9 Å². The number of carbonyl (C=O) groups is 1. The fraction of sp³-hybridized carbons (Fsp3) is 0.385. The van der Waals surface area contributed by atoms with Crippen molar-refractivity contribution >= 4 is 11.7 Å². The number of aliphatic hydroxyl groups is 1. The highest BCUT2D eigenvalue weighted by molar-refractivity contribution is 5.98. The van der Waals surface area contributed by atoms with Crippen LogP contribution in [0.15, 0.2) is 48.5 Å². The molecule has 1 aliphatic heterocycles. The van der Waals surface area contributed by atoms with E-state index >= 15 is 0 Å². The number of imidazole rings is 1. The van der Waals surface area contributed by atoms with Gasteiger partial charge >= 0.3 is 12.4 Å². The molecule has 4 rings (SSSR count). The second-order valence-corrected chi connectivity index (χ2v) is 8.69. The number of ether oxygens (including phenoxy) is 5. The second-order valence-electron chi connectivity index (χ2n) is 8.69. The molecule has 2 heterocycles. The normalized spacial score (nSPS) is 14.0. The van der Waals surface area contributed by atoms with E-state index in [2.05, 4.69) is 9.72 Å². The van der Waals surface area contributed by atoms with E-state index in [-0.39, 0.29) is 69.6 Å². The Morgan fingerprint density at radius 1 is 1.05 bits per heavy atom. The first kappa shape index (κ1) is 29.0. The first-order chi connectivity index (χ1) is 19.2. The molecule has 1 N–H and O–H groups in total. The minimum Gasteiger partial charge on any atom is -0.497 e. The minimum absolute atomic E-state index is 0.0220. The van der Waals surface area contributed by atoms with Gasteiger partial charge in [-0.1, -0.05) is 18.2 Å². The Labute approximate surface area is 228 Å². The Balaban J connectivity index is 1.74. The van der Waals surface area contributed by atoms with Crippen molar-refractivity contribution in [2.24, 2.45) is 0 Å². The van der Waals surface area contributed by atoms with E-state index in [1.165, 1.54) is 17.0 Å². The Bertz CT molecular complexity index is 1280. The maximum absolute atomic E-state index is 13.8. The molecule has 40 heavy (non-hydrogen) atoms. The van der Waals surface area contributed by atoms with E-state index in [1.54, 1.807) is 35.8 Å². The molecule has 1 amide bonds. The van der Waals surface area contributed by atoms with Crippen LogP contribution in [0.3, 0.4) is 0 Å². The lowest BCUT2D eigenvalue weighted by Gasteiger charge is -2.29. The summed E-state index contributed by atoms with van der Waals surface area (Å²) in [7, 11) is 3.24. The monoisotopic (exact) mass is 566 g/mol. The first-order valence-electron chi connectivity index (χ1n) is 12.2. The Kier molecular flexibility index (Phi) is 9.34. The number of hydrogen-bond donors (Lipinski definition) is 1. The van der Waals surface area contributed by atoms with E-state index in [1.807, 2.05) is 12.1 Å². The summed E-state index contributed by atoms with van der Waals surface area (Å²) in [5, 5.41) is 8.97. The Hall–Kier alpha value is -4.01. The van der Waals surface area contributed by atoms with Crippen LogP contribution in [0.4, 0.5) is 19.0 Å². The van der Waals surface area contributed by atoms with Crippen molar-refractivity contribution in [3.8, 4) is 23.3 Å². The summed E-state index contributed by atoms with van der Waals surface area (Å²) in [5.74, 6) is 0.0459. The molecule has 216 valence electrons. The van der Waals surface area contributed by atoms with Crippen LogP contribution in [0.25, 0.3) is 0 Å². The van der Waals surface area contributed by atoms with Gasteiger partial charge in [-0.05, 0) is 29.8 Å². The summed E-state index contributed by atoms with van der Waals surface area (Å²) in [6.45, 7) is 0.556. The highest BCUT2D eigenvalue weighted by Crippen LogP contribution is 2.34. The molecule has 0 spiro atoms. The molecule has 0 saturated carbocycles. The van der Waals surface area contributed by atoms with E-state index in [4.69, 9.17) is 24.1 Å². The van der Waals surface area contributed by atoms with E-state index < -0.39 is 18.0 Å². The lowest BCUT2D eigenvalue weighted by atomic mass is 10.2. The molecule has 1 aromatic heterocycles. The van der Waals surface area contributed by atoms with Crippen LogP contribution in [0, 0.1) is 0 Å². The van der Waals surface area contributed by atoms with Gasteiger partial charge in [-0.2, -0.15) is 4.98 Å². The van der Waals surface area contributed by atoms with Crippen LogP contribution in [0.2, 0.25) is 0 Å². The molecular formula is C26H29F3N4O7. The molecular weight excluding hydrogens is 537 g/mol. The van der Waals surface area contributed by atoms with Gasteiger partial charge in [0.15, 0.2) is 11.5 Å². The summed E-state index contributed by atoms with van der Waals surface area (Å²) in [5.41, 5.74) is 0.980. The van der Waals surface area contributed by atoms with Crippen molar-refractivity contribution in [1.82, 2.24) is 14.5 Å². The maximum atomic E-state index is 13.8. The van der Waals surface area contributed by atoms with Gasteiger partial charge < -0.3 is 38.6 Å². The lowest BCUT2D eigenvalue weighted by molar-refractivity contribution is -0.274. The first-order valence-corrected chi connectivity index (χ1v) is 12.2. The number of alkyl halides is 3. The maximum Gasteiger partial charge on any atom is 0.573 e. The Morgan fingerprint density at radius 3 is 2.50 bits per heavy atom. The molecule has 0 radical (unpaired) electrons. The van der Waals surface area contributed by atoms with Gasteiger partial charge in [0.1, 0.15) is 30.7 Å². The zero-order valence-corrected chi connectivity index (χ0v) is 21.9. The molecule has 0 bridgehead atoms. The number of benzene rings is 2. The zero-order chi connectivity index (χ0) is 28.7. The smallest absolute Gasteiger partial charge is 0.497 e. The van der Waals surface area contributed by atoms with Crippen LogP contribution >= 0.6 is 0 Å². The standard InChI is InChI=1S/C26H29F3N4O7/c1-31-16-38-17-32(10-12-37-13-11-34)24(35)22-23(31)30-25(33(22)15-18-6-8-19(36-2)9-7-18)39-20-4-3-5-21(14-20)40-26(27,28)29/h3-9,14,34H,10-13,15-17H2,1-2H3. The molecule has 0 atom stereocenters. The third kappa shape index (κ3) is 7.34. The molecule has 0 fully saturated rings.